The maximum Gasteiger partial charge on any atom is 0.106 e. The molecule has 1 aliphatic rings. The van der Waals surface area contributed by atoms with Crippen molar-refractivity contribution < 1.29 is 18.9 Å². The molecule has 1 saturated carbocycles. The number of nitriles is 1. The molecule has 122 valence electrons. The van der Waals surface area contributed by atoms with Gasteiger partial charge in [-0.2, -0.15) is 5.26 Å². The highest BCUT2D eigenvalue weighted by Gasteiger charge is 2.32. The highest BCUT2D eigenvalue weighted by molar-refractivity contribution is 5.06. The molecule has 1 rings (SSSR count). The van der Waals surface area contributed by atoms with Gasteiger partial charge in [0.05, 0.1) is 45.7 Å². The topological polar surface area (TPSA) is 72.7 Å². The van der Waals surface area contributed by atoms with E-state index in [4.69, 9.17) is 18.9 Å². The molecule has 0 saturated heterocycles. The summed E-state index contributed by atoms with van der Waals surface area (Å²) in [7, 11) is 1.65. The third kappa shape index (κ3) is 9.77. The van der Waals surface area contributed by atoms with Crippen molar-refractivity contribution in [3.8, 4) is 6.07 Å². The normalized spacial score (nSPS) is 17.4. The van der Waals surface area contributed by atoms with Crippen molar-refractivity contribution in [2.24, 2.45) is 0 Å². The molecule has 0 spiro atoms. The van der Waals surface area contributed by atoms with Crippen LogP contribution in [0.1, 0.15) is 26.2 Å². The molecular weight excluding hydrogens is 272 g/mol. The van der Waals surface area contributed by atoms with Crippen LogP contribution < -0.4 is 5.32 Å². The van der Waals surface area contributed by atoms with Crippen molar-refractivity contribution in [2.45, 2.75) is 37.8 Å². The molecule has 1 unspecified atom stereocenters. The molecular formula is C15H28N2O4. The van der Waals surface area contributed by atoms with Gasteiger partial charge in [0.2, 0.25) is 0 Å². The summed E-state index contributed by atoms with van der Waals surface area (Å²) in [6.07, 6.45) is 3.05. The van der Waals surface area contributed by atoms with Gasteiger partial charge in [-0.25, -0.2) is 0 Å². The number of nitrogens with zero attached hydrogens (tertiary/aromatic N) is 1. The van der Waals surface area contributed by atoms with Gasteiger partial charge < -0.3 is 18.9 Å². The molecule has 1 N–H and O–H groups in total. The van der Waals surface area contributed by atoms with Crippen molar-refractivity contribution in [2.75, 3.05) is 53.4 Å². The highest BCUT2D eigenvalue weighted by atomic mass is 16.6. The van der Waals surface area contributed by atoms with E-state index in [2.05, 4.69) is 11.4 Å². The Morgan fingerprint density at radius 1 is 1.00 bits per heavy atom. The lowest BCUT2D eigenvalue weighted by atomic mass is 10.0. The van der Waals surface area contributed by atoms with Crippen LogP contribution in [0.4, 0.5) is 0 Å². The summed E-state index contributed by atoms with van der Waals surface area (Å²) in [5.74, 6) is 0. The van der Waals surface area contributed by atoms with E-state index in [9.17, 15) is 5.26 Å². The van der Waals surface area contributed by atoms with Gasteiger partial charge in [-0.15, -0.1) is 0 Å². The Labute approximate surface area is 127 Å². The quantitative estimate of drug-likeness (QED) is 0.484. The van der Waals surface area contributed by atoms with E-state index in [1.807, 2.05) is 6.92 Å². The fourth-order valence-electron chi connectivity index (χ4n) is 1.80. The van der Waals surface area contributed by atoms with Crippen LogP contribution in [0.5, 0.6) is 0 Å². The van der Waals surface area contributed by atoms with Crippen LogP contribution in [0.2, 0.25) is 0 Å². The molecule has 6 heteroatoms. The van der Waals surface area contributed by atoms with E-state index in [1.165, 1.54) is 12.8 Å². The van der Waals surface area contributed by atoms with Crippen LogP contribution in [0, 0.1) is 11.3 Å². The summed E-state index contributed by atoms with van der Waals surface area (Å²) < 4.78 is 21.0. The van der Waals surface area contributed by atoms with Crippen molar-refractivity contribution in [1.82, 2.24) is 5.32 Å². The van der Waals surface area contributed by atoms with E-state index < -0.39 is 5.54 Å². The third-order valence-corrected chi connectivity index (χ3v) is 3.27. The number of hydrogen-bond donors (Lipinski definition) is 1. The fourth-order valence-corrected chi connectivity index (χ4v) is 1.80. The number of nitrogens with one attached hydrogen (secondary N) is 1. The molecule has 0 amide bonds. The Balaban J connectivity index is 1.86. The number of ether oxygens (including phenoxy) is 4. The molecule has 0 aromatic carbocycles. The van der Waals surface area contributed by atoms with Crippen LogP contribution in [0.25, 0.3) is 0 Å². The zero-order valence-corrected chi connectivity index (χ0v) is 13.2. The maximum atomic E-state index is 9.21. The van der Waals surface area contributed by atoms with Crippen molar-refractivity contribution in [3.05, 3.63) is 0 Å². The average Bonchev–Trinajstić information content (AvgIpc) is 3.28. The van der Waals surface area contributed by atoms with Crippen LogP contribution >= 0.6 is 0 Å². The lowest BCUT2D eigenvalue weighted by molar-refractivity contribution is 0.00203. The summed E-state index contributed by atoms with van der Waals surface area (Å²) in [5.41, 5.74) is -0.475. The molecule has 0 bridgehead atoms. The molecule has 1 atom stereocenters. The molecule has 6 nitrogen and oxygen atoms in total. The molecule has 1 fully saturated rings. The van der Waals surface area contributed by atoms with Gasteiger partial charge in [0.1, 0.15) is 5.54 Å². The molecule has 0 aliphatic heterocycles. The zero-order chi connectivity index (χ0) is 15.4. The minimum Gasteiger partial charge on any atom is -0.382 e. The predicted molar refractivity (Wildman–Crippen MR) is 79.1 cm³/mol. The monoisotopic (exact) mass is 300 g/mol. The first-order valence-corrected chi connectivity index (χ1v) is 7.61. The largest absolute Gasteiger partial charge is 0.382 e. The SMILES string of the molecule is COCCOCCOCCOCCC(C)(C#N)NC1CC1. The van der Waals surface area contributed by atoms with Gasteiger partial charge in [0.15, 0.2) is 0 Å². The van der Waals surface area contributed by atoms with Gasteiger partial charge >= 0.3 is 0 Å². The van der Waals surface area contributed by atoms with Gasteiger partial charge in [-0.05, 0) is 19.8 Å². The van der Waals surface area contributed by atoms with Crippen molar-refractivity contribution in [1.29, 1.82) is 5.26 Å². The molecule has 21 heavy (non-hydrogen) atoms. The zero-order valence-electron chi connectivity index (χ0n) is 13.2. The Hall–Kier alpha value is -0.710. The lowest BCUT2D eigenvalue weighted by Gasteiger charge is -2.23. The van der Waals surface area contributed by atoms with Gasteiger partial charge in [-0.1, -0.05) is 0 Å². The van der Waals surface area contributed by atoms with Crippen LogP contribution in [0.15, 0.2) is 0 Å². The minimum atomic E-state index is -0.475. The summed E-state index contributed by atoms with van der Waals surface area (Å²) >= 11 is 0. The average molecular weight is 300 g/mol. The van der Waals surface area contributed by atoms with E-state index in [1.54, 1.807) is 7.11 Å². The standard InChI is InChI=1S/C15H28N2O4/c1-15(13-16,17-14-3-4-14)5-6-19-9-10-21-12-11-20-8-7-18-2/h14,17H,3-12H2,1-2H3. The minimum absolute atomic E-state index is 0.475. The van der Waals surface area contributed by atoms with Crippen molar-refractivity contribution >= 4 is 0 Å². The molecule has 0 aromatic rings. The van der Waals surface area contributed by atoms with Crippen LogP contribution in [-0.2, 0) is 18.9 Å². The van der Waals surface area contributed by atoms with E-state index in [0.717, 1.165) is 0 Å². The first-order valence-electron chi connectivity index (χ1n) is 7.61. The third-order valence-electron chi connectivity index (χ3n) is 3.27. The van der Waals surface area contributed by atoms with Gasteiger partial charge in [-0.3, -0.25) is 5.32 Å². The van der Waals surface area contributed by atoms with Gasteiger partial charge in [0.25, 0.3) is 0 Å². The first-order chi connectivity index (χ1) is 10.2. The van der Waals surface area contributed by atoms with E-state index in [-0.39, 0.29) is 0 Å². The Bertz CT molecular complexity index is 305. The summed E-state index contributed by atoms with van der Waals surface area (Å²) in [6, 6.07) is 2.86. The predicted octanol–water partition coefficient (Wildman–Crippen LogP) is 1.11. The highest BCUT2D eigenvalue weighted by Crippen LogP contribution is 2.23. The second-order valence-corrected chi connectivity index (χ2v) is 5.44. The van der Waals surface area contributed by atoms with Gasteiger partial charge in [0, 0.05) is 26.2 Å². The smallest absolute Gasteiger partial charge is 0.106 e. The second-order valence-electron chi connectivity index (χ2n) is 5.44. The van der Waals surface area contributed by atoms with Crippen molar-refractivity contribution in [3.63, 3.8) is 0 Å². The van der Waals surface area contributed by atoms with Crippen LogP contribution in [-0.4, -0.2) is 64.9 Å². The van der Waals surface area contributed by atoms with E-state index >= 15 is 0 Å². The maximum absolute atomic E-state index is 9.21. The summed E-state index contributed by atoms with van der Waals surface area (Å²) in [5, 5.41) is 12.6. The lowest BCUT2D eigenvalue weighted by Crippen LogP contribution is -2.43. The molecule has 0 radical (unpaired) electrons. The molecule has 0 heterocycles. The number of hydrogen-bond acceptors (Lipinski definition) is 6. The Morgan fingerprint density at radius 3 is 2.00 bits per heavy atom. The number of methoxy groups -OCH3 is 1. The fraction of sp³-hybridized carbons (Fsp3) is 0.933. The molecule has 1 aliphatic carbocycles. The summed E-state index contributed by atoms with van der Waals surface area (Å²) in [6.45, 7) is 5.93. The Kier molecular flexibility index (Phi) is 9.55. The van der Waals surface area contributed by atoms with Crippen LogP contribution in [0.3, 0.4) is 0 Å². The number of rotatable bonds is 14. The Morgan fingerprint density at radius 2 is 1.52 bits per heavy atom. The second kappa shape index (κ2) is 10.9. The first kappa shape index (κ1) is 18.3. The van der Waals surface area contributed by atoms with E-state index in [0.29, 0.717) is 58.7 Å². The molecule has 0 aromatic heterocycles. The summed E-state index contributed by atoms with van der Waals surface area (Å²) in [4.78, 5) is 0.